The van der Waals surface area contributed by atoms with E-state index in [4.69, 9.17) is 9.72 Å². The Bertz CT molecular complexity index is 1410. The van der Waals surface area contributed by atoms with E-state index in [1.54, 1.807) is 23.4 Å². The highest BCUT2D eigenvalue weighted by Gasteiger charge is 2.15. The molecule has 1 fully saturated rings. The van der Waals surface area contributed by atoms with E-state index in [-0.39, 0.29) is 0 Å². The summed E-state index contributed by atoms with van der Waals surface area (Å²) in [6.45, 7) is 3.01. The van der Waals surface area contributed by atoms with Gasteiger partial charge in [-0.15, -0.1) is 5.10 Å². The van der Waals surface area contributed by atoms with Gasteiger partial charge in [0, 0.05) is 42.3 Å². The van der Waals surface area contributed by atoms with Crippen molar-refractivity contribution >= 4 is 17.6 Å². The highest BCUT2D eigenvalue weighted by atomic mass is 16.5. The molecule has 0 aliphatic carbocycles. The molecule has 0 unspecified atom stereocenters. The molecule has 1 aliphatic heterocycles. The monoisotopic (exact) mass is 465 g/mol. The fraction of sp³-hybridized carbons (Fsp3) is 0.160. The van der Waals surface area contributed by atoms with Crippen LogP contribution in [0.25, 0.3) is 28.1 Å². The zero-order valence-electron chi connectivity index (χ0n) is 18.9. The summed E-state index contributed by atoms with van der Waals surface area (Å²) in [5.74, 6) is 1.24. The van der Waals surface area contributed by atoms with Gasteiger partial charge in [0.25, 0.3) is 0 Å². The van der Waals surface area contributed by atoms with Gasteiger partial charge in [0.2, 0.25) is 11.9 Å². The maximum atomic E-state index is 5.40. The normalized spacial score (nSPS) is 13.7. The summed E-state index contributed by atoms with van der Waals surface area (Å²) in [6, 6.07) is 17.9. The molecule has 0 spiro atoms. The van der Waals surface area contributed by atoms with Gasteiger partial charge in [0.05, 0.1) is 30.8 Å². The highest BCUT2D eigenvalue weighted by Crippen LogP contribution is 2.30. The summed E-state index contributed by atoms with van der Waals surface area (Å²) in [5, 5.41) is 14.9. The molecule has 2 N–H and O–H groups in total. The maximum Gasteiger partial charge on any atom is 0.245 e. The fourth-order valence-corrected chi connectivity index (χ4v) is 4.04. The van der Waals surface area contributed by atoms with Crippen molar-refractivity contribution in [2.45, 2.75) is 0 Å². The van der Waals surface area contributed by atoms with Crippen LogP contribution in [-0.4, -0.2) is 61.2 Å². The first-order valence-corrected chi connectivity index (χ1v) is 11.4. The molecule has 0 atom stereocenters. The lowest BCUT2D eigenvalue weighted by Gasteiger charge is -2.25. The molecule has 174 valence electrons. The van der Waals surface area contributed by atoms with Crippen LogP contribution in [0.5, 0.6) is 0 Å². The Balaban J connectivity index is 1.20. The van der Waals surface area contributed by atoms with Crippen molar-refractivity contribution in [3.8, 4) is 28.1 Å². The van der Waals surface area contributed by atoms with E-state index in [9.17, 15) is 0 Å². The molecule has 2 aromatic carbocycles. The summed E-state index contributed by atoms with van der Waals surface area (Å²) < 4.78 is 7.18. The second kappa shape index (κ2) is 9.35. The average molecular weight is 466 g/mol. The van der Waals surface area contributed by atoms with Crippen LogP contribution in [0.4, 0.5) is 17.6 Å². The first-order chi connectivity index (χ1) is 17.3. The van der Waals surface area contributed by atoms with Crippen molar-refractivity contribution in [3.05, 3.63) is 79.5 Å². The Morgan fingerprint density at radius 1 is 0.914 bits per heavy atom. The summed E-state index contributed by atoms with van der Waals surface area (Å²) in [7, 11) is 0. The van der Waals surface area contributed by atoms with Crippen molar-refractivity contribution in [1.82, 2.24) is 34.9 Å². The van der Waals surface area contributed by atoms with Crippen LogP contribution in [0.15, 0.2) is 79.5 Å². The van der Waals surface area contributed by atoms with E-state index in [0.29, 0.717) is 19.2 Å². The summed E-state index contributed by atoms with van der Waals surface area (Å²) in [6.07, 6.45) is 7.17. The van der Waals surface area contributed by atoms with E-state index in [0.717, 1.165) is 52.8 Å². The van der Waals surface area contributed by atoms with E-state index >= 15 is 0 Å². The number of morpholine rings is 1. The quantitative estimate of drug-likeness (QED) is 0.391. The second-order valence-electron chi connectivity index (χ2n) is 8.06. The van der Waals surface area contributed by atoms with Crippen LogP contribution in [0.2, 0.25) is 0 Å². The number of benzene rings is 2. The van der Waals surface area contributed by atoms with Crippen molar-refractivity contribution in [2.75, 3.05) is 36.5 Å². The molecule has 0 saturated carbocycles. The smallest absolute Gasteiger partial charge is 0.245 e. The third-order valence-electron chi connectivity index (χ3n) is 5.83. The highest BCUT2D eigenvalue weighted by molar-refractivity contribution is 5.81. The molecule has 0 amide bonds. The number of rotatable bonds is 6. The topological polar surface area (TPSA) is 110 Å². The van der Waals surface area contributed by atoms with E-state index in [2.05, 4.69) is 41.5 Å². The Morgan fingerprint density at radius 2 is 1.74 bits per heavy atom. The minimum Gasteiger partial charge on any atom is -0.378 e. The van der Waals surface area contributed by atoms with Gasteiger partial charge >= 0.3 is 0 Å². The number of anilines is 3. The molecule has 3 aromatic heterocycles. The van der Waals surface area contributed by atoms with E-state index in [1.807, 2.05) is 54.7 Å². The maximum absolute atomic E-state index is 5.40. The Kier molecular flexibility index (Phi) is 5.61. The van der Waals surface area contributed by atoms with Crippen LogP contribution >= 0.6 is 0 Å². The number of ether oxygens (including phenoxy) is 1. The number of hydrogen-bond acceptors (Lipinski definition) is 8. The van der Waals surface area contributed by atoms with Crippen molar-refractivity contribution in [1.29, 1.82) is 0 Å². The molecule has 1 aliphatic rings. The zero-order chi connectivity index (χ0) is 23.5. The van der Waals surface area contributed by atoms with Gasteiger partial charge in [0.15, 0.2) is 0 Å². The van der Waals surface area contributed by atoms with Crippen LogP contribution in [0.1, 0.15) is 0 Å². The van der Waals surface area contributed by atoms with Gasteiger partial charge in [0.1, 0.15) is 6.33 Å². The van der Waals surface area contributed by atoms with Gasteiger partial charge < -0.3 is 15.0 Å². The zero-order valence-corrected chi connectivity index (χ0v) is 18.9. The van der Waals surface area contributed by atoms with Gasteiger partial charge in [-0.3, -0.25) is 5.10 Å². The second-order valence-corrected chi connectivity index (χ2v) is 8.06. The molecular formula is C25H23N9O. The van der Waals surface area contributed by atoms with Crippen molar-refractivity contribution in [2.24, 2.45) is 0 Å². The average Bonchev–Trinajstić information content (AvgIpc) is 3.63. The predicted molar refractivity (Wildman–Crippen MR) is 133 cm³/mol. The fourth-order valence-electron chi connectivity index (χ4n) is 4.04. The lowest BCUT2D eigenvalue weighted by molar-refractivity contribution is 0.122. The SMILES string of the molecule is c1ccc(-c2ccnc(Nc3ccc(-n4cnc(N5CCOCC5)n4)cc3)n2)c(-c2cn[nH]c2)c1. The molecule has 1 saturated heterocycles. The third-order valence-corrected chi connectivity index (χ3v) is 5.83. The first kappa shape index (κ1) is 21.0. The predicted octanol–water partition coefficient (Wildman–Crippen LogP) is 3.69. The van der Waals surface area contributed by atoms with Gasteiger partial charge in [-0.1, -0.05) is 24.3 Å². The minimum absolute atomic E-state index is 0.521. The van der Waals surface area contributed by atoms with Crippen LogP contribution in [0, 0.1) is 0 Å². The van der Waals surface area contributed by atoms with Crippen LogP contribution < -0.4 is 10.2 Å². The largest absolute Gasteiger partial charge is 0.378 e. The molecule has 0 radical (unpaired) electrons. The van der Waals surface area contributed by atoms with Crippen LogP contribution in [-0.2, 0) is 4.74 Å². The first-order valence-electron chi connectivity index (χ1n) is 11.4. The molecule has 35 heavy (non-hydrogen) atoms. The number of aromatic nitrogens is 7. The molecule has 0 bridgehead atoms. The molecule has 6 rings (SSSR count). The molecule has 5 aromatic rings. The minimum atomic E-state index is 0.521. The van der Waals surface area contributed by atoms with Gasteiger partial charge in [-0.25, -0.2) is 14.6 Å². The Hall–Kier alpha value is -4.57. The standard InChI is InChI=1S/C25H23N9O/c1-2-4-22(21(3-1)18-15-28-29-16-18)23-9-10-26-24(31-23)30-19-5-7-20(8-6-19)34-17-27-25(32-34)33-11-13-35-14-12-33/h1-10,15-17H,11-14H2,(H,28,29)(H,26,30,31). The Labute approximate surface area is 201 Å². The number of nitrogens with zero attached hydrogens (tertiary/aromatic N) is 7. The van der Waals surface area contributed by atoms with E-state index in [1.165, 1.54) is 0 Å². The van der Waals surface area contributed by atoms with Gasteiger partial charge in [-0.2, -0.15) is 10.1 Å². The van der Waals surface area contributed by atoms with Crippen molar-refractivity contribution < 1.29 is 4.74 Å². The molecule has 10 nitrogen and oxygen atoms in total. The number of aromatic amines is 1. The Morgan fingerprint density at radius 3 is 2.54 bits per heavy atom. The van der Waals surface area contributed by atoms with Gasteiger partial charge in [-0.05, 0) is 35.9 Å². The third kappa shape index (κ3) is 4.46. The number of hydrogen-bond donors (Lipinski definition) is 2. The molecule has 4 heterocycles. The lowest BCUT2D eigenvalue weighted by Crippen LogP contribution is -2.37. The lowest BCUT2D eigenvalue weighted by atomic mass is 10.00. The van der Waals surface area contributed by atoms with E-state index < -0.39 is 0 Å². The number of nitrogens with one attached hydrogen (secondary N) is 2. The van der Waals surface area contributed by atoms with Crippen molar-refractivity contribution in [3.63, 3.8) is 0 Å². The van der Waals surface area contributed by atoms with Crippen LogP contribution in [0.3, 0.4) is 0 Å². The molecular weight excluding hydrogens is 442 g/mol. The summed E-state index contributed by atoms with van der Waals surface area (Å²) >= 11 is 0. The molecule has 10 heteroatoms. The summed E-state index contributed by atoms with van der Waals surface area (Å²) in [4.78, 5) is 15.7. The summed E-state index contributed by atoms with van der Waals surface area (Å²) in [5.41, 5.74) is 5.70. The number of H-pyrrole nitrogens is 1.